The highest BCUT2D eigenvalue weighted by atomic mass is 32.2. The summed E-state index contributed by atoms with van der Waals surface area (Å²) in [5.41, 5.74) is 0.00900. The molecule has 0 aliphatic carbocycles. The van der Waals surface area contributed by atoms with Gasteiger partial charge in [-0.2, -0.15) is 0 Å². The van der Waals surface area contributed by atoms with Gasteiger partial charge in [-0.15, -0.1) is 0 Å². The summed E-state index contributed by atoms with van der Waals surface area (Å²) in [7, 11) is -4.09. The number of carbonyl (C=O) groups excluding carboxylic acids is 2. The van der Waals surface area contributed by atoms with Crippen LogP contribution >= 0.6 is 0 Å². The van der Waals surface area contributed by atoms with E-state index in [1.165, 1.54) is 24.3 Å². The van der Waals surface area contributed by atoms with Crippen molar-refractivity contribution in [1.82, 2.24) is 0 Å². The second kappa shape index (κ2) is 6.25. The molecule has 2 aromatic rings. The number of anilines is 2. The van der Waals surface area contributed by atoms with E-state index in [2.05, 4.69) is 4.72 Å². The van der Waals surface area contributed by atoms with Gasteiger partial charge in [0.2, 0.25) is 11.8 Å². The van der Waals surface area contributed by atoms with E-state index < -0.39 is 21.7 Å². The lowest BCUT2D eigenvalue weighted by Gasteiger charge is -2.14. The Labute approximate surface area is 142 Å². The number of nitrogens with one attached hydrogen (secondary N) is 1. The lowest BCUT2D eigenvalue weighted by atomic mass is 10.3. The van der Waals surface area contributed by atoms with Crippen LogP contribution < -0.4 is 9.62 Å². The molecule has 1 aliphatic rings. The van der Waals surface area contributed by atoms with Crippen molar-refractivity contribution in [3.05, 3.63) is 54.1 Å². The number of hydrogen-bond acceptors (Lipinski definition) is 4. The third-order valence-corrected chi connectivity index (χ3v) is 4.97. The Morgan fingerprint density at radius 1 is 0.880 bits per heavy atom. The van der Waals surface area contributed by atoms with Gasteiger partial charge in [-0.1, -0.05) is 0 Å². The number of nitrogens with zero attached hydrogens (tertiary/aromatic N) is 1. The molecule has 2 amide bonds. The lowest BCUT2D eigenvalue weighted by molar-refractivity contribution is -0.121. The maximum atomic E-state index is 13.2. The average Bonchev–Trinajstić information content (AvgIpc) is 2.85. The molecule has 0 aromatic heterocycles. The molecule has 0 spiro atoms. The van der Waals surface area contributed by atoms with Crippen LogP contribution in [0.3, 0.4) is 0 Å². The third kappa shape index (κ3) is 3.50. The molecule has 0 atom stereocenters. The Balaban J connectivity index is 1.85. The minimum Gasteiger partial charge on any atom is -0.279 e. The van der Waals surface area contributed by atoms with E-state index in [0.29, 0.717) is 6.07 Å². The Bertz CT molecular complexity index is 922. The molecule has 1 aliphatic heterocycles. The predicted octanol–water partition coefficient (Wildman–Crippen LogP) is 2.42. The largest absolute Gasteiger partial charge is 0.279 e. The van der Waals surface area contributed by atoms with E-state index in [9.17, 15) is 26.8 Å². The third-order valence-electron chi connectivity index (χ3n) is 3.57. The first-order valence-corrected chi connectivity index (χ1v) is 8.69. The number of halogens is 2. The Morgan fingerprint density at radius 2 is 1.40 bits per heavy atom. The Kier molecular flexibility index (Phi) is 4.25. The highest BCUT2D eigenvalue weighted by Gasteiger charge is 2.30. The average molecular weight is 366 g/mol. The van der Waals surface area contributed by atoms with Crippen LogP contribution in [0.2, 0.25) is 0 Å². The molecule has 3 rings (SSSR count). The Morgan fingerprint density at radius 3 is 1.92 bits per heavy atom. The first-order valence-electron chi connectivity index (χ1n) is 7.21. The fraction of sp³-hybridized carbons (Fsp3) is 0.125. The van der Waals surface area contributed by atoms with Crippen LogP contribution in [-0.2, 0) is 19.6 Å². The molecule has 130 valence electrons. The van der Waals surface area contributed by atoms with Crippen LogP contribution in [0.25, 0.3) is 0 Å². The molecule has 1 heterocycles. The quantitative estimate of drug-likeness (QED) is 0.843. The summed E-state index contributed by atoms with van der Waals surface area (Å²) in [6.45, 7) is 0. The van der Waals surface area contributed by atoms with Crippen molar-refractivity contribution in [1.29, 1.82) is 0 Å². The SMILES string of the molecule is O=C1CCC(=O)N1c1ccc(S(=O)(=O)Nc2cc(F)cc(F)c2)cc1. The van der Waals surface area contributed by atoms with Crippen LogP contribution in [0, 0.1) is 11.6 Å². The minimum absolute atomic E-state index is 0.117. The number of sulfonamides is 1. The van der Waals surface area contributed by atoms with Crippen molar-refractivity contribution in [2.45, 2.75) is 17.7 Å². The van der Waals surface area contributed by atoms with Gasteiger partial charge in [0.1, 0.15) is 11.6 Å². The normalized spacial score (nSPS) is 14.9. The summed E-state index contributed by atoms with van der Waals surface area (Å²) >= 11 is 0. The van der Waals surface area contributed by atoms with E-state index in [4.69, 9.17) is 0 Å². The van der Waals surface area contributed by atoms with Crippen molar-refractivity contribution in [2.24, 2.45) is 0 Å². The van der Waals surface area contributed by atoms with Gasteiger partial charge in [0.05, 0.1) is 16.3 Å². The molecule has 1 fully saturated rings. The number of rotatable bonds is 4. The summed E-state index contributed by atoms with van der Waals surface area (Å²) in [5.74, 6) is -2.54. The van der Waals surface area contributed by atoms with Crippen molar-refractivity contribution in [3.63, 3.8) is 0 Å². The van der Waals surface area contributed by atoms with Gasteiger partial charge in [-0.05, 0) is 36.4 Å². The molecule has 6 nitrogen and oxygen atoms in total. The maximum absolute atomic E-state index is 13.2. The van der Waals surface area contributed by atoms with Gasteiger partial charge in [0, 0.05) is 18.9 Å². The zero-order chi connectivity index (χ0) is 18.2. The molecular formula is C16H12F2N2O4S. The van der Waals surface area contributed by atoms with E-state index in [0.717, 1.165) is 17.0 Å². The van der Waals surface area contributed by atoms with E-state index in [1.54, 1.807) is 0 Å². The van der Waals surface area contributed by atoms with Crippen molar-refractivity contribution >= 4 is 33.2 Å². The van der Waals surface area contributed by atoms with Crippen LogP contribution in [-0.4, -0.2) is 20.2 Å². The highest BCUT2D eigenvalue weighted by Crippen LogP contribution is 2.25. The summed E-state index contributed by atoms with van der Waals surface area (Å²) in [4.78, 5) is 24.2. The molecular weight excluding hydrogens is 354 g/mol. The number of hydrogen-bond donors (Lipinski definition) is 1. The number of carbonyl (C=O) groups is 2. The fourth-order valence-corrected chi connectivity index (χ4v) is 3.51. The monoisotopic (exact) mass is 366 g/mol. The fourth-order valence-electron chi connectivity index (χ4n) is 2.47. The standard InChI is InChI=1S/C16H12F2N2O4S/c17-10-7-11(18)9-12(8-10)19-25(23,24)14-3-1-13(2-4-14)20-15(21)5-6-16(20)22/h1-4,7-9,19H,5-6H2. The van der Waals surface area contributed by atoms with Gasteiger partial charge in [0.15, 0.2) is 0 Å². The summed E-state index contributed by atoms with van der Waals surface area (Å²) in [6.07, 6.45) is 0.233. The zero-order valence-electron chi connectivity index (χ0n) is 12.7. The molecule has 0 radical (unpaired) electrons. The van der Waals surface area contributed by atoms with Gasteiger partial charge < -0.3 is 0 Å². The van der Waals surface area contributed by atoms with E-state index >= 15 is 0 Å². The van der Waals surface area contributed by atoms with Gasteiger partial charge in [-0.3, -0.25) is 19.2 Å². The molecule has 9 heteroatoms. The smallest absolute Gasteiger partial charge is 0.261 e. The van der Waals surface area contributed by atoms with Crippen LogP contribution in [0.15, 0.2) is 47.4 Å². The van der Waals surface area contributed by atoms with Gasteiger partial charge >= 0.3 is 0 Å². The molecule has 0 saturated carbocycles. The van der Waals surface area contributed by atoms with E-state index in [-0.39, 0.29) is 40.9 Å². The zero-order valence-corrected chi connectivity index (χ0v) is 13.5. The molecule has 1 saturated heterocycles. The summed E-state index contributed by atoms with van der Waals surface area (Å²) in [5, 5.41) is 0. The summed E-state index contributed by atoms with van der Waals surface area (Å²) in [6, 6.07) is 7.35. The molecule has 0 bridgehead atoms. The van der Waals surface area contributed by atoms with Gasteiger partial charge in [0.25, 0.3) is 10.0 Å². The number of imide groups is 1. The minimum atomic E-state index is -4.09. The second-order valence-electron chi connectivity index (χ2n) is 5.38. The topological polar surface area (TPSA) is 83.6 Å². The van der Waals surface area contributed by atoms with Crippen molar-refractivity contribution < 1.29 is 26.8 Å². The summed E-state index contributed by atoms with van der Waals surface area (Å²) < 4.78 is 53.0. The predicted molar refractivity (Wildman–Crippen MR) is 85.3 cm³/mol. The maximum Gasteiger partial charge on any atom is 0.261 e. The molecule has 1 N–H and O–H groups in total. The number of amides is 2. The van der Waals surface area contributed by atoms with Gasteiger partial charge in [-0.25, -0.2) is 17.2 Å². The van der Waals surface area contributed by atoms with Crippen LogP contribution in [0.4, 0.5) is 20.2 Å². The molecule has 25 heavy (non-hydrogen) atoms. The first-order chi connectivity index (χ1) is 11.8. The van der Waals surface area contributed by atoms with Crippen molar-refractivity contribution in [3.8, 4) is 0 Å². The Hall–Kier alpha value is -2.81. The van der Waals surface area contributed by atoms with Crippen LogP contribution in [0.1, 0.15) is 12.8 Å². The van der Waals surface area contributed by atoms with Crippen LogP contribution in [0.5, 0.6) is 0 Å². The molecule has 2 aromatic carbocycles. The highest BCUT2D eigenvalue weighted by molar-refractivity contribution is 7.92. The first kappa shape index (κ1) is 17.0. The van der Waals surface area contributed by atoms with Crippen molar-refractivity contribution in [2.75, 3.05) is 9.62 Å². The van der Waals surface area contributed by atoms with E-state index in [1.807, 2.05) is 0 Å². The second-order valence-corrected chi connectivity index (χ2v) is 7.06. The lowest BCUT2D eigenvalue weighted by Crippen LogP contribution is -2.28. The molecule has 0 unspecified atom stereocenters. The number of benzene rings is 2.